The van der Waals surface area contributed by atoms with Gasteiger partial charge in [-0.15, -0.1) is 0 Å². The van der Waals surface area contributed by atoms with Gasteiger partial charge >= 0.3 is 0 Å². The third kappa shape index (κ3) is 1.46. The maximum Gasteiger partial charge on any atom is -0.00437 e. The van der Waals surface area contributed by atoms with Crippen molar-refractivity contribution >= 4 is 0 Å². The molecule has 4 rings (SSSR count). The normalized spacial score (nSPS) is 49.6. The summed E-state index contributed by atoms with van der Waals surface area (Å²) in [4.78, 5) is 0. The van der Waals surface area contributed by atoms with Gasteiger partial charge in [-0.1, -0.05) is 13.3 Å². The zero-order valence-electron chi connectivity index (χ0n) is 10.0. The van der Waals surface area contributed by atoms with Crippen molar-refractivity contribution in [2.75, 3.05) is 6.54 Å². The molecule has 1 heteroatoms. The van der Waals surface area contributed by atoms with E-state index in [1.807, 2.05) is 0 Å². The van der Waals surface area contributed by atoms with Crippen LogP contribution < -0.4 is 5.73 Å². The van der Waals surface area contributed by atoms with Gasteiger partial charge in [0.2, 0.25) is 0 Å². The summed E-state index contributed by atoms with van der Waals surface area (Å²) in [6.07, 6.45) is 10.5. The second kappa shape index (κ2) is 3.48. The van der Waals surface area contributed by atoms with Gasteiger partial charge < -0.3 is 5.73 Å². The van der Waals surface area contributed by atoms with Crippen molar-refractivity contribution in [3.05, 3.63) is 0 Å². The van der Waals surface area contributed by atoms with Gasteiger partial charge in [0.25, 0.3) is 0 Å². The lowest BCUT2D eigenvalue weighted by molar-refractivity contribution is -0.0858. The number of nitrogens with two attached hydrogens (primary N) is 1. The van der Waals surface area contributed by atoms with E-state index in [2.05, 4.69) is 6.92 Å². The average molecular weight is 207 g/mol. The number of hydrogen-bond donors (Lipinski definition) is 1. The average Bonchev–Trinajstić information content (AvgIpc) is 2.16. The van der Waals surface area contributed by atoms with E-state index in [0.29, 0.717) is 5.41 Å². The van der Waals surface area contributed by atoms with Gasteiger partial charge in [0.15, 0.2) is 0 Å². The summed E-state index contributed by atoms with van der Waals surface area (Å²) in [5.41, 5.74) is 6.70. The van der Waals surface area contributed by atoms with Crippen LogP contribution in [-0.2, 0) is 0 Å². The van der Waals surface area contributed by atoms with Crippen LogP contribution in [0.3, 0.4) is 0 Å². The van der Waals surface area contributed by atoms with E-state index in [1.165, 1.54) is 25.7 Å². The Hall–Kier alpha value is -0.0400. The Kier molecular flexibility index (Phi) is 2.35. The summed E-state index contributed by atoms with van der Waals surface area (Å²) in [7, 11) is 0. The van der Waals surface area contributed by atoms with Crippen LogP contribution in [0.4, 0.5) is 0 Å². The Bertz CT molecular complexity index is 206. The summed E-state index contributed by atoms with van der Waals surface area (Å²) in [5.74, 6) is 4.07. The number of hydrogen-bond acceptors (Lipinski definition) is 1. The largest absolute Gasteiger partial charge is 0.330 e. The van der Waals surface area contributed by atoms with Crippen molar-refractivity contribution in [2.45, 2.75) is 51.9 Å². The van der Waals surface area contributed by atoms with Crippen LogP contribution >= 0.6 is 0 Å². The molecule has 4 aliphatic carbocycles. The first-order valence-corrected chi connectivity index (χ1v) is 6.96. The second-order valence-corrected chi connectivity index (χ2v) is 6.62. The Morgan fingerprint density at radius 1 is 1.07 bits per heavy atom. The monoisotopic (exact) mass is 207 g/mol. The summed E-state index contributed by atoms with van der Waals surface area (Å²) >= 11 is 0. The van der Waals surface area contributed by atoms with Crippen molar-refractivity contribution < 1.29 is 0 Å². The molecule has 15 heavy (non-hydrogen) atoms. The Balaban J connectivity index is 1.86. The van der Waals surface area contributed by atoms with Crippen LogP contribution in [0, 0.1) is 29.1 Å². The SMILES string of the molecule is CCC(CN)C12CC3CC(CC(C3)C1)C2. The summed E-state index contributed by atoms with van der Waals surface area (Å²) in [5, 5.41) is 0. The third-order valence-corrected chi connectivity index (χ3v) is 5.73. The predicted octanol–water partition coefficient (Wildman–Crippen LogP) is 3.19. The summed E-state index contributed by atoms with van der Waals surface area (Å²) < 4.78 is 0. The third-order valence-electron chi connectivity index (χ3n) is 5.73. The molecule has 0 radical (unpaired) electrons. The second-order valence-electron chi connectivity index (χ2n) is 6.62. The van der Waals surface area contributed by atoms with Gasteiger partial charge in [-0.3, -0.25) is 0 Å². The minimum Gasteiger partial charge on any atom is -0.330 e. The zero-order valence-corrected chi connectivity index (χ0v) is 10.0. The molecule has 0 spiro atoms. The molecule has 0 saturated heterocycles. The molecule has 1 unspecified atom stereocenters. The van der Waals surface area contributed by atoms with E-state index in [4.69, 9.17) is 5.73 Å². The molecule has 1 nitrogen and oxygen atoms in total. The molecule has 4 saturated carbocycles. The van der Waals surface area contributed by atoms with Gasteiger partial charge in [-0.25, -0.2) is 0 Å². The standard InChI is InChI=1S/C14H25N/c1-2-13(9-15)14-6-10-3-11(7-14)5-12(4-10)8-14/h10-13H,2-9,15H2,1H3. The maximum atomic E-state index is 6.00. The smallest absolute Gasteiger partial charge is 0.00437 e. The van der Waals surface area contributed by atoms with Crippen molar-refractivity contribution in [3.63, 3.8) is 0 Å². The van der Waals surface area contributed by atoms with E-state index in [1.54, 1.807) is 19.3 Å². The number of rotatable bonds is 3. The fourth-order valence-electron chi connectivity index (χ4n) is 5.53. The van der Waals surface area contributed by atoms with Crippen LogP contribution in [-0.4, -0.2) is 6.54 Å². The molecule has 2 N–H and O–H groups in total. The summed E-state index contributed by atoms with van der Waals surface area (Å²) in [6, 6.07) is 0. The van der Waals surface area contributed by atoms with Gasteiger partial charge in [-0.05, 0) is 74.2 Å². The van der Waals surface area contributed by atoms with Crippen molar-refractivity contribution in [3.8, 4) is 0 Å². The highest BCUT2D eigenvalue weighted by Crippen LogP contribution is 2.62. The topological polar surface area (TPSA) is 26.0 Å². The Morgan fingerprint density at radius 3 is 1.87 bits per heavy atom. The maximum absolute atomic E-state index is 6.00. The van der Waals surface area contributed by atoms with Crippen LogP contribution in [0.1, 0.15) is 51.9 Å². The molecule has 0 aromatic rings. The highest BCUT2D eigenvalue weighted by atomic mass is 14.6. The molecule has 0 heterocycles. The minimum absolute atomic E-state index is 0.693. The van der Waals surface area contributed by atoms with Gasteiger partial charge in [0, 0.05) is 0 Å². The van der Waals surface area contributed by atoms with Gasteiger partial charge in [0.05, 0.1) is 0 Å². The van der Waals surface area contributed by atoms with E-state index in [-0.39, 0.29) is 0 Å². The van der Waals surface area contributed by atoms with E-state index in [0.717, 1.165) is 30.2 Å². The van der Waals surface area contributed by atoms with Crippen LogP contribution in [0.15, 0.2) is 0 Å². The van der Waals surface area contributed by atoms with Gasteiger partial charge in [0.1, 0.15) is 0 Å². The first kappa shape index (κ1) is 10.1. The Labute approximate surface area is 93.8 Å². The van der Waals surface area contributed by atoms with Gasteiger partial charge in [-0.2, -0.15) is 0 Å². The molecule has 4 bridgehead atoms. The van der Waals surface area contributed by atoms with Crippen LogP contribution in [0.25, 0.3) is 0 Å². The molecule has 0 aliphatic heterocycles. The minimum atomic E-state index is 0.693. The zero-order chi connectivity index (χ0) is 10.5. The molecular formula is C14H25N. The molecule has 1 atom stereocenters. The van der Waals surface area contributed by atoms with E-state index >= 15 is 0 Å². The molecule has 0 amide bonds. The van der Waals surface area contributed by atoms with Crippen LogP contribution in [0.5, 0.6) is 0 Å². The first-order valence-electron chi connectivity index (χ1n) is 6.96. The lowest BCUT2D eigenvalue weighted by Gasteiger charge is -2.59. The quantitative estimate of drug-likeness (QED) is 0.755. The molecule has 4 aliphatic rings. The lowest BCUT2D eigenvalue weighted by atomic mass is 9.46. The lowest BCUT2D eigenvalue weighted by Crippen LogP contribution is -2.51. The molecule has 86 valence electrons. The highest BCUT2D eigenvalue weighted by Gasteiger charge is 2.53. The van der Waals surface area contributed by atoms with E-state index in [9.17, 15) is 0 Å². The van der Waals surface area contributed by atoms with Crippen LogP contribution in [0.2, 0.25) is 0 Å². The summed E-state index contributed by atoms with van der Waals surface area (Å²) in [6.45, 7) is 3.28. The van der Waals surface area contributed by atoms with E-state index < -0.39 is 0 Å². The predicted molar refractivity (Wildman–Crippen MR) is 63.4 cm³/mol. The first-order chi connectivity index (χ1) is 7.25. The fourth-order valence-corrected chi connectivity index (χ4v) is 5.53. The van der Waals surface area contributed by atoms with Crippen molar-refractivity contribution in [1.82, 2.24) is 0 Å². The van der Waals surface area contributed by atoms with Crippen molar-refractivity contribution in [2.24, 2.45) is 34.8 Å². The molecule has 4 fully saturated rings. The van der Waals surface area contributed by atoms with Crippen molar-refractivity contribution in [1.29, 1.82) is 0 Å². The fraction of sp³-hybridized carbons (Fsp3) is 1.00. The molecular weight excluding hydrogens is 182 g/mol. The highest BCUT2D eigenvalue weighted by molar-refractivity contribution is 5.03. The Morgan fingerprint density at radius 2 is 1.53 bits per heavy atom. The molecule has 0 aromatic heterocycles. The molecule has 0 aromatic carbocycles.